The number of nitrogens with two attached hydrogens (primary N) is 1. The summed E-state index contributed by atoms with van der Waals surface area (Å²) in [6, 6.07) is 2.33. The SMILES string of the molecule is Cc1c(N)cc(S(=O)(=O)N2CC(C)OC(C)(C)C2)cc1F. The van der Waals surface area contributed by atoms with E-state index in [0.717, 1.165) is 6.07 Å². The normalized spacial score (nSPS) is 23.2. The van der Waals surface area contributed by atoms with E-state index in [1.807, 2.05) is 20.8 Å². The Morgan fingerprint density at radius 3 is 2.57 bits per heavy atom. The van der Waals surface area contributed by atoms with Crippen molar-refractivity contribution in [3.63, 3.8) is 0 Å². The van der Waals surface area contributed by atoms with Crippen molar-refractivity contribution < 1.29 is 17.5 Å². The highest BCUT2D eigenvalue weighted by Gasteiger charge is 2.38. The Kier molecular flexibility index (Phi) is 4.03. The maximum atomic E-state index is 13.8. The van der Waals surface area contributed by atoms with Gasteiger partial charge in [0.2, 0.25) is 10.0 Å². The van der Waals surface area contributed by atoms with E-state index in [-0.39, 0.29) is 35.3 Å². The molecular weight excluding hydrogens is 295 g/mol. The molecule has 1 fully saturated rings. The van der Waals surface area contributed by atoms with Gasteiger partial charge in [-0.1, -0.05) is 0 Å². The lowest BCUT2D eigenvalue weighted by Gasteiger charge is -2.40. The summed E-state index contributed by atoms with van der Waals surface area (Å²) in [5.41, 5.74) is 5.48. The Labute approximate surface area is 124 Å². The van der Waals surface area contributed by atoms with Gasteiger partial charge in [0.25, 0.3) is 0 Å². The fourth-order valence-electron chi connectivity index (χ4n) is 2.55. The Bertz CT molecular complexity index is 635. The van der Waals surface area contributed by atoms with Crippen molar-refractivity contribution in [2.75, 3.05) is 18.8 Å². The average molecular weight is 316 g/mol. The molecule has 0 amide bonds. The number of anilines is 1. The first kappa shape index (κ1) is 16.2. The molecule has 1 aliphatic rings. The molecule has 0 aliphatic carbocycles. The van der Waals surface area contributed by atoms with E-state index >= 15 is 0 Å². The molecule has 1 aliphatic heterocycles. The molecule has 1 aromatic carbocycles. The van der Waals surface area contributed by atoms with Gasteiger partial charge in [0, 0.05) is 24.3 Å². The minimum absolute atomic E-state index is 0.118. The number of nitrogens with zero attached hydrogens (tertiary/aromatic N) is 1. The molecule has 0 aromatic heterocycles. The molecular formula is C14H21FN2O3S. The number of benzene rings is 1. The van der Waals surface area contributed by atoms with E-state index in [4.69, 9.17) is 10.5 Å². The van der Waals surface area contributed by atoms with Crippen LogP contribution in [0.2, 0.25) is 0 Å². The molecule has 1 heterocycles. The van der Waals surface area contributed by atoms with Crippen LogP contribution in [-0.4, -0.2) is 37.5 Å². The summed E-state index contributed by atoms with van der Waals surface area (Å²) >= 11 is 0. The third-order valence-corrected chi connectivity index (χ3v) is 5.32. The lowest BCUT2D eigenvalue weighted by Crippen LogP contribution is -2.53. The number of rotatable bonds is 2. The van der Waals surface area contributed by atoms with Gasteiger partial charge in [-0.15, -0.1) is 0 Å². The first-order chi connectivity index (χ1) is 9.53. The lowest BCUT2D eigenvalue weighted by atomic mass is 10.1. The fraction of sp³-hybridized carbons (Fsp3) is 0.571. The van der Waals surface area contributed by atoms with Crippen LogP contribution in [-0.2, 0) is 14.8 Å². The smallest absolute Gasteiger partial charge is 0.243 e. The van der Waals surface area contributed by atoms with Crippen LogP contribution in [0.5, 0.6) is 0 Å². The van der Waals surface area contributed by atoms with Crippen molar-refractivity contribution in [2.24, 2.45) is 0 Å². The van der Waals surface area contributed by atoms with Crippen molar-refractivity contribution in [3.8, 4) is 0 Å². The van der Waals surface area contributed by atoms with Gasteiger partial charge in [0.1, 0.15) is 5.82 Å². The first-order valence-corrected chi connectivity index (χ1v) is 8.20. The maximum Gasteiger partial charge on any atom is 0.243 e. The predicted molar refractivity (Wildman–Crippen MR) is 78.9 cm³/mol. The van der Waals surface area contributed by atoms with Crippen molar-refractivity contribution >= 4 is 15.7 Å². The van der Waals surface area contributed by atoms with Crippen molar-refractivity contribution in [1.29, 1.82) is 0 Å². The molecule has 0 bridgehead atoms. The number of nitrogen functional groups attached to an aromatic ring is 1. The molecule has 0 saturated carbocycles. The van der Waals surface area contributed by atoms with Gasteiger partial charge in [-0.2, -0.15) is 4.31 Å². The van der Waals surface area contributed by atoms with Crippen LogP contribution in [0.4, 0.5) is 10.1 Å². The zero-order valence-electron chi connectivity index (χ0n) is 12.7. The quantitative estimate of drug-likeness (QED) is 0.846. The summed E-state index contributed by atoms with van der Waals surface area (Å²) in [5.74, 6) is -0.617. The second kappa shape index (κ2) is 5.23. The average Bonchev–Trinajstić information content (AvgIpc) is 2.32. The summed E-state index contributed by atoms with van der Waals surface area (Å²) < 4.78 is 46.2. The zero-order valence-corrected chi connectivity index (χ0v) is 13.5. The molecule has 0 spiro atoms. The number of hydrogen-bond acceptors (Lipinski definition) is 4. The van der Waals surface area contributed by atoms with E-state index in [1.54, 1.807) is 0 Å². The summed E-state index contributed by atoms with van der Waals surface area (Å²) in [5, 5.41) is 0. The molecule has 1 aromatic rings. The van der Waals surface area contributed by atoms with Gasteiger partial charge in [-0.3, -0.25) is 0 Å². The molecule has 7 heteroatoms. The second-order valence-corrected chi connectivity index (χ2v) is 8.04. The molecule has 1 unspecified atom stereocenters. The molecule has 21 heavy (non-hydrogen) atoms. The van der Waals surface area contributed by atoms with Crippen LogP contribution in [0.1, 0.15) is 26.3 Å². The minimum Gasteiger partial charge on any atom is -0.398 e. The van der Waals surface area contributed by atoms with Crippen LogP contribution in [0.3, 0.4) is 0 Å². The van der Waals surface area contributed by atoms with Gasteiger partial charge in [0.05, 0.1) is 16.6 Å². The number of ether oxygens (including phenoxy) is 1. The summed E-state index contributed by atoms with van der Waals surface area (Å²) in [7, 11) is -3.79. The molecule has 1 saturated heterocycles. The van der Waals surface area contributed by atoms with Crippen molar-refractivity contribution in [2.45, 2.75) is 44.3 Å². The lowest BCUT2D eigenvalue weighted by molar-refractivity contribution is -0.109. The van der Waals surface area contributed by atoms with Crippen LogP contribution >= 0.6 is 0 Å². The topological polar surface area (TPSA) is 72.6 Å². The number of morpholine rings is 1. The van der Waals surface area contributed by atoms with E-state index in [0.29, 0.717) is 0 Å². The van der Waals surface area contributed by atoms with Gasteiger partial charge < -0.3 is 10.5 Å². The summed E-state index contributed by atoms with van der Waals surface area (Å²) in [6.07, 6.45) is -0.226. The Morgan fingerprint density at radius 1 is 1.43 bits per heavy atom. The third-order valence-electron chi connectivity index (χ3n) is 3.53. The zero-order chi connectivity index (χ0) is 16.0. The maximum absolute atomic E-state index is 13.8. The highest BCUT2D eigenvalue weighted by Crippen LogP contribution is 2.28. The third kappa shape index (κ3) is 3.20. The Balaban J connectivity index is 2.42. The monoisotopic (exact) mass is 316 g/mol. The van der Waals surface area contributed by atoms with Crippen molar-refractivity contribution in [1.82, 2.24) is 4.31 Å². The van der Waals surface area contributed by atoms with Crippen LogP contribution in [0.25, 0.3) is 0 Å². The predicted octanol–water partition coefficient (Wildman–Crippen LogP) is 1.90. The number of sulfonamides is 1. The van der Waals surface area contributed by atoms with E-state index in [9.17, 15) is 12.8 Å². The molecule has 2 N–H and O–H groups in total. The largest absolute Gasteiger partial charge is 0.398 e. The number of hydrogen-bond donors (Lipinski definition) is 1. The van der Waals surface area contributed by atoms with Gasteiger partial charge in [-0.05, 0) is 39.8 Å². The highest BCUT2D eigenvalue weighted by molar-refractivity contribution is 7.89. The first-order valence-electron chi connectivity index (χ1n) is 6.76. The van der Waals surface area contributed by atoms with Gasteiger partial charge in [-0.25, -0.2) is 12.8 Å². The second-order valence-electron chi connectivity index (χ2n) is 6.11. The molecule has 118 valence electrons. The van der Waals surface area contributed by atoms with E-state index in [1.165, 1.54) is 17.3 Å². The molecule has 5 nitrogen and oxygen atoms in total. The van der Waals surface area contributed by atoms with E-state index < -0.39 is 21.4 Å². The van der Waals surface area contributed by atoms with Gasteiger partial charge in [0.15, 0.2) is 0 Å². The summed E-state index contributed by atoms with van der Waals surface area (Å²) in [4.78, 5) is -0.118. The Hall–Kier alpha value is -1.18. The highest BCUT2D eigenvalue weighted by atomic mass is 32.2. The fourth-order valence-corrected chi connectivity index (χ4v) is 4.26. The van der Waals surface area contributed by atoms with E-state index in [2.05, 4.69) is 0 Å². The summed E-state index contributed by atoms with van der Waals surface area (Å²) in [6.45, 7) is 7.44. The number of halogens is 1. The molecule has 0 radical (unpaired) electrons. The Morgan fingerprint density at radius 2 is 2.05 bits per heavy atom. The van der Waals surface area contributed by atoms with Crippen LogP contribution in [0.15, 0.2) is 17.0 Å². The van der Waals surface area contributed by atoms with Gasteiger partial charge >= 0.3 is 0 Å². The molecule has 2 rings (SSSR count). The minimum atomic E-state index is -3.79. The van der Waals surface area contributed by atoms with Crippen LogP contribution in [0, 0.1) is 12.7 Å². The standard InChI is InChI=1S/C14H21FN2O3S/c1-9-7-17(8-14(3,4)20-9)21(18,19)11-5-12(15)10(2)13(16)6-11/h5-6,9H,7-8,16H2,1-4H3. The van der Waals surface area contributed by atoms with Crippen LogP contribution < -0.4 is 5.73 Å². The van der Waals surface area contributed by atoms with Crippen molar-refractivity contribution in [3.05, 3.63) is 23.5 Å². The molecule has 1 atom stereocenters.